The molecule has 0 radical (unpaired) electrons. The minimum atomic E-state index is -0.471. The van der Waals surface area contributed by atoms with Crippen LogP contribution in [0.1, 0.15) is 10.4 Å². The molecule has 0 aliphatic carbocycles. The van der Waals surface area contributed by atoms with Crippen molar-refractivity contribution in [3.63, 3.8) is 0 Å². The van der Waals surface area contributed by atoms with Crippen molar-refractivity contribution >= 4 is 16.9 Å². The molecule has 18 heavy (non-hydrogen) atoms. The van der Waals surface area contributed by atoms with Crippen molar-refractivity contribution in [3.8, 4) is 11.1 Å². The topological polar surface area (TPSA) is 89.6 Å². The molecule has 0 spiro atoms. The molecule has 3 heterocycles. The average molecular weight is 241 g/mol. The van der Waals surface area contributed by atoms with Gasteiger partial charge in [-0.05, 0) is 6.07 Å². The lowest BCUT2D eigenvalue weighted by Gasteiger charge is -2.05. The highest BCUT2D eigenvalue weighted by molar-refractivity contribution is 6.10. The molecule has 3 aromatic heterocycles. The van der Waals surface area contributed by atoms with Gasteiger partial charge in [0, 0.05) is 42.2 Å². The van der Waals surface area contributed by atoms with Crippen LogP contribution in [0.5, 0.6) is 0 Å². The molecule has 3 N–H and O–H groups in total. The largest absolute Gasteiger partial charge is 0.366 e. The lowest BCUT2D eigenvalue weighted by molar-refractivity contribution is 0.100. The molecule has 1 amide bonds. The Hall–Kier alpha value is -2.63. The number of aromatic amines is 1. The molecule has 0 unspecified atom stereocenters. The van der Waals surface area contributed by atoms with Gasteiger partial charge in [0.1, 0.15) is 5.65 Å². The number of H-pyrrole nitrogens is 1. The summed E-state index contributed by atoms with van der Waals surface area (Å²) in [6, 6.07) is 1.79. The second-order valence-corrected chi connectivity index (χ2v) is 4.05. The minimum absolute atomic E-state index is 0.467. The molecule has 0 atom stereocenters. The molecule has 3 aromatic rings. The Morgan fingerprint density at radius 3 is 2.94 bits per heavy atom. The zero-order valence-corrected chi connectivity index (χ0v) is 9.71. The first-order valence-corrected chi connectivity index (χ1v) is 5.41. The predicted octanol–water partition coefficient (Wildman–Crippen LogP) is 1.06. The van der Waals surface area contributed by atoms with Crippen molar-refractivity contribution in [1.82, 2.24) is 19.7 Å². The Labute approximate surface area is 102 Å². The number of hydrogen-bond donors (Lipinski definition) is 2. The Bertz CT molecular complexity index is 740. The molecular weight excluding hydrogens is 230 g/mol. The van der Waals surface area contributed by atoms with Crippen LogP contribution < -0.4 is 5.73 Å². The van der Waals surface area contributed by atoms with E-state index in [2.05, 4.69) is 15.1 Å². The van der Waals surface area contributed by atoms with E-state index in [1.165, 1.54) is 0 Å². The van der Waals surface area contributed by atoms with Gasteiger partial charge in [0.05, 0.1) is 11.8 Å². The summed E-state index contributed by atoms with van der Waals surface area (Å²) in [5, 5.41) is 4.82. The zero-order valence-electron chi connectivity index (χ0n) is 9.71. The fourth-order valence-electron chi connectivity index (χ4n) is 2.05. The Balaban J connectivity index is 2.34. The number of nitrogens with one attached hydrogen (secondary N) is 1. The van der Waals surface area contributed by atoms with Crippen LogP contribution in [0.4, 0.5) is 0 Å². The molecular formula is C12H11N5O. The first-order chi connectivity index (χ1) is 8.66. The minimum Gasteiger partial charge on any atom is -0.366 e. The first-order valence-electron chi connectivity index (χ1n) is 5.41. The van der Waals surface area contributed by atoms with E-state index in [-0.39, 0.29) is 0 Å². The second kappa shape index (κ2) is 3.69. The Kier molecular flexibility index (Phi) is 2.16. The average Bonchev–Trinajstić information content (AvgIpc) is 2.95. The monoisotopic (exact) mass is 241 g/mol. The van der Waals surface area contributed by atoms with E-state index >= 15 is 0 Å². The standard InChI is InChI=1S/C12H11N5O/c1-17-6-7(4-16-17)9-5-15-12-8(2-3-14-12)10(9)11(13)18/h2-6H,1H3,(H2,13,18)(H,14,15). The molecule has 6 nitrogen and oxygen atoms in total. The van der Waals surface area contributed by atoms with Gasteiger partial charge in [0.2, 0.25) is 5.91 Å². The predicted molar refractivity (Wildman–Crippen MR) is 66.8 cm³/mol. The number of carbonyl (C=O) groups is 1. The number of amides is 1. The smallest absolute Gasteiger partial charge is 0.250 e. The van der Waals surface area contributed by atoms with E-state index in [9.17, 15) is 4.79 Å². The molecule has 6 heteroatoms. The third-order valence-electron chi connectivity index (χ3n) is 2.85. The number of nitrogens with zero attached hydrogens (tertiary/aromatic N) is 3. The van der Waals surface area contributed by atoms with Crippen molar-refractivity contribution in [2.24, 2.45) is 12.8 Å². The lowest BCUT2D eigenvalue weighted by atomic mass is 10.0. The van der Waals surface area contributed by atoms with E-state index in [0.29, 0.717) is 16.8 Å². The molecule has 3 rings (SSSR count). The third kappa shape index (κ3) is 1.46. The maximum absolute atomic E-state index is 11.7. The summed E-state index contributed by atoms with van der Waals surface area (Å²) >= 11 is 0. The number of primary amides is 1. The van der Waals surface area contributed by atoms with Gasteiger partial charge < -0.3 is 10.7 Å². The van der Waals surface area contributed by atoms with Gasteiger partial charge in [-0.15, -0.1) is 0 Å². The quantitative estimate of drug-likeness (QED) is 0.703. The highest BCUT2D eigenvalue weighted by Crippen LogP contribution is 2.27. The lowest BCUT2D eigenvalue weighted by Crippen LogP contribution is -2.13. The van der Waals surface area contributed by atoms with E-state index in [1.807, 2.05) is 13.2 Å². The van der Waals surface area contributed by atoms with Gasteiger partial charge in [-0.1, -0.05) is 0 Å². The van der Waals surface area contributed by atoms with Crippen LogP contribution in [0.3, 0.4) is 0 Å². The van der Waals surface area contributed by atoms with Crippen LogP contribution in [-0.4, -0.2) is 25.7 Å². The van der Waals surface area contributed by atoms with Crippen molar-refractivity contribution in [1.29, 1.82) is 0 Å². The SMILES string of the molecule is Cn1cc(-c2cnc3[nH]ccc3c2C(N)=O)cn1. The molecule has 0 aliphatic rings. The number of pyridine rings is 1. The summed E-state index contributed by atoms with van der Waals surface area (Å²) in [6.45, 7) is 0. The number of fused-ring (bicyclic) bond motifs is 1. The molecule has 0 fully saturated rings. The van der Waals surface area contributed by atoms with E-state index in [0.717, 1.165) is 10.9 Å². The van der Waals surface area contributed by atoms with Gasteiger partial charge in [0.25, 0.3) is 0 Å². The highest BCUT2D eigenvalue weighted by Gasteiger charge is 2.16. The summed E-state index contributed by atoms with van der Waals surface area (Å²) in [7, 11) is 1.82. The van der Waals surface area contributed by atoms with Crippen molar-refractivity contribution in [2.45, 2.75) is 0 Å². The summed E-state index contributed by atoms with van der Waals surface area (Å²) in [5.41, 5.74) is 8.11. The molecule has 0 saturated carbocycles. The van der Waals surface area contributed by atoms with E-state index in [4.69, 9.17) is 5.73 Å². The van der Waals surface area contributed by atoms with Crippen LogP contribution in [0.25, 0.3) is 22.2 Å². The van der Waals surface area contributed by atoms with Crippen molar-refractivity contribution < 1.29 is 4.79 Å². The Morgan fingerprint density at radius 1 is 1.44 bits per heavy atom. The number of nitrogens with two attached hydrogens (primary N) is 1. The number of rotatable bonds is 2. The van der Waals surface area contributed by atoms with Gasteiger partial charge in [-0.25, -0.2) is 4.98 Å². The fraction of sp³-hybridized carbons (Fsp3) is 0.0833. The zero-order chi connectivity index (χ0) is 12.7. The van der Waals surface area contributed by atoms with Crippen LogP contribution in [0, 0.1) is 0 Å². The van der Waals surface area contributed by atoms with Gasteiger partial charge in [-0.3, -0.25) is 9.48 Å². The maximum atomic E-state index is 11.7. The van der Waals surface area contributed by atoms with Gasteiger partial charge >= 0.3 is 0 Å². The number of carbonyl (C=O) groups excluding carboxylic acids is 1. The normalized spacial score (nSPS) is 10.9. The number of aryl methyl sites for hydroxylation is 1. The van der Waals surface area contributed by atoms with Crippen molar-refractivity contribution in [2.75, 3.05) is 0 Å². The first kappa shape index (κ1) is 10.5. The van der Waals surface area contributed by atoms with Crippen molar-refractivity contribution in [3.05, 3.63) is 36.4 Å². The van der Waals surface area contributed by atoms with Crippen LogP contribution in [0.15, 0.2) is 30.9 Å². The Morgan fingerprint density at radius 2 is 2.28 bits per heavy atom. The van der Waals surface area contributed by atoms with E-state index < -0.39 is 5.91 Å². The van der Waals surface area contributed by atoms with Crippen LogP contribution in [0.2, 0.25) is 0 Å². The van der Waals surface area contributed by atoms with Gasteiger partial charge in [0.15, 0.2) is 0 Å². The fourth-order valence-corrected chi connectivity index (χ4v) is 2.05. The molecule has 0 aromatic carbocycles. The maximum Gasteiger partial charge on any atom is 0.250 e. The molecule has 90 valence electrons. The highest BCUT2D eigenvalue weighted by atomic mass is 16.1. The molecule has 0 bridgehead atoms. The van der Waals surface area contributed by atoms with Crippen LogP contribution >= 0.6 is 0 Å². The summed E-state index contributed by atoms with van der Waals surface area (Å²) in [6.07, 6.45) is 6.87. The van der Waals surface area contributed by atoms with Gasteiger partial charge in [-0.2, -0.15) is 5.10 Å². The molecule has 0 aliphatic heterocycles. The summed E-state index contributed by atoms with van der Waals surface area (Å²) < 4.78 is 1.67. The number of aromatic nitrogens is 4. The molecule has 0 saturated heterocycles. The second-order valence-electron chi connectivity index (χ2n) is 4.05. The number of hydrogen-bond acceptors (Lipinski definition) is 3. The summed E-state index contributed by atoms with van der Waals surface area (Å²) in [4.78, 5) is 18.9. The summed E-state index contributed by atoms with van der Waals surface area (Å²) in [5.74, 6) is -0.471. The third-order valence-corrected chi connectivity index (χ3v) is 2.85. The van der Waals surface area contributed by atoms with Crippen LogP contribution in [-0.2, 0) is 7.05 Å². The van der Waals surface area contributed by atoms with E-state index in [1.54, 1.807) is 29.3 Å².